The molecule has 3 nitrogen and oxygen atoms in total. The summed E-state index contributed by atoms with van der Waals surface area (Å²) in [6.07, 6.45) is 0. The van der Waals surface area contributed by atoms with Crippen LogP contribution in [0.15, 0.2) is 12.1 Å². The van der Waals surface area contributed by atoms with Crippen molar-refractivity contribution in [1.29, 1.82) is 0 Å². The third-order valence-electron chi connectivity index (χ3n) is 3.42. The first-order chi connectivity index (χ1) is 8.36. The van der Waals surface area contributed by atoms with Crippen LogP contribution in [0.3, 0.4) is 0 Å². The Bertz CT molecular complexity index is 407. The van der Waals surface area contributed by atoms with Crippen LogP contribution >= 0.6 is 11.6 Å². The number of rotatable bonds is 5. The van der Waals surface area contributed by atoms with E-state index in [1.54, 1.807) is 12.1 Å². The van der Waals surface area contributed by atoms with Gasteiger partial charge in [0.2, 0.25) is 0 Å². The molecule has 0 aliphatic heterocycles. The first kappa shape index (κ1) is 15.1. The number of ether oxygens (including phenoxy) is 1. The van der Waals surface area contributed by atoms with Crippen molar-refractivity contribution in [3.05, 3.63) is 22.7 Å². The minimum Gasteiger partial charge on any atom is -0.504 e. The van der Waals surface area contributed by atoms with Crippen LogP contribution in [0.25, 0.3) is 0 Å². The molecule has 0 spiro atoms. The van der Waals surface area contributed by atoms with Gasteiger partial charge in [0.1, 0.15) is 0 Å². The van der Waals surface area contributed by atoms with Crippen LogP contribution in [-0.2, 0) is 6.54 Å². The Morgan fingerprint density at radius 1 is 1.33 bits per heavy atom. The second-order valence-electron chi connectivity index (χ2n) is 5.02. The number of nitrogens with zero attached hydrogens (tertiary/aromatic N) is 1. The highest BCUT2D eigenvalue weighted by Gasteiger charge is 2.17. The lowest BCUT2D eigenvalue weighted by Gasteiger charge is -2.28. The number of phenolic OH excluding ortho intramolecular Hbond substituents is 1. The van der Waals surface area contributed by atoms with Gasteiger partial charge in [0.25, 0.3) is 0 Å². The fraction of sp³-hybridized carbons (Fsp3) is 0.571. The van der Waals surface area contributed by atoms with Crippen LogP contribution in [0.4, 0.5) is 0 Å². The molecule has 1 aromatic carbocycles. The van der Waals surface area contributed by atoms with E-state index in [1.165, 1.54) is 7.11 Å². The second kappa shape index (κ2) is 6.30. The van der Waals surface area contributed by atoms with E-state index in [9.17, 15) is 5.11 Å². The highest BCUT2D eigenvalue weighted by atomic mass is 35.5. The monoisotopic (exact) mass is 271 g/mol. The summed E-state index contributed by atoms with van der Waals surface area (Å²) in [7, 11) is 3.56. The number of aromatic hydroxyl groups is 1. The third kappa shape index (κ3) is 3.53. The van der Waals surface area contributed by atoms with E-state index < -0.39 is 0 Å². The third-order valence-corrected chi connectivity index (χ3v) is 3.64. The molecule has 0 aliphatic carbocycles. The smallest absolute Gasteiger partial charge is 0.162 e. The molecule has 1 aromatic rings. The average molecular weight is 272 g/mol. The van der Waals surface area contributed by atoms with Gasteiger partial charge < -0.3 is 9.84 Å². The molecule has 0 fully saturated rings. The Balaban J connectivity index is 2.94. The summed E-state index contributed by atoms with van der Waals surface area (Å²) in [5.41, 5.74) is 0.786. The van der Waals surface area contributed by atoms with Crippen LogP contribution in [-0.4, -0.2) is 30.2 Å². The SMILES string of the molecule is COc1cc(Cl)cc(CN(C)C(C)C(C)C)c1O. The summed E-state index contributed by atoms with van der Waals surface area (Å²) < 4.78 is 5.10. The van der Waals surface area contributed by atoms with Gasteiger partial charge in [-0.05, 0) is 26.0 Å². The number of hydrogen-bond acceptors (Lipinski definition) is 3. The van der Waals surface area contributed by atoms with Crippen molar-refractivity contribution >= 4 is 11.6 Å². The molecule has 0 saturated heterocycles. The molecule has 0 aliphatic rings. The molecule has 1 unspecified atom stereocenters. The fourth-order valence-corrected chi connectivity index (χ4v) is 2.06. The topological polar surface area (TPSA) is 32.7 Å². The van der Waals surface area contributed by atoms with Crippen molar-refractivity contribution in [1.82, 2.24) is 4.90 Å². The van der Waals surface area contributed by atoms with Crippen molar-refractivity contribution in [2.45, 2.75) is 33.4 Å². The van der Waals surface area contributed by atoms with Crippen LogP contribution < -0.4 is 4.74 Å². The minimum absolute atomic E-state index is 0.171. The molecular formula is C14H22ClNO2. The van der Waals surface area contributed by atoms with E-state index in [2.05, 4.69) is 25.7 Å². The molecule has 0 heterocycles. The normalized spacial score (nSPS) is 13.1. The van der Waals surface area contributed by atoms with Crippen molar-refractivity contribution in [3.8, 4) is 11.5 Å². The number of halogens is 1. The summed E-state index contributed by atoms with van der Waals surface area (Å²) in [6, 6.07) is 3.82. The van der Waals surface area contributed by atoms with Crippen LogP contribution in [0.2, 0.25) is 5.02 Å². The Morgan fingerprint density at radius 2 is 1.94 bits per heavy atom. The largest absolute Gasteiger partial charge is 0.504 e. The maximum atomic E-state index is 10.1. The van der Waals surface area contributed by atoms with Crippen LogP contribution in [0.5, 0.6) is 11.5 Å². The zero-order chi connectivity index (χ0) is 13.9. The van der Waals surface area contributed by atoms with Gasteiger partial charge in [0.05, 0.1) is 7.11 Å². The fourth-order valence-electron chi connectivity index (χ4n) is 1.83. The zero-order valence-electron chi connectivity index (χ0n) is 11.7. The Hall–Kier alpha value is -0.930. The summed E-state index contributed by atoms with van der Waals surface area (Å²) in [4.78, 5) is 2.19. The quantitative estimate of drug-likeness (QED) is 0.889. The summed E-state index contributed by atoms with van der Waals surface area (Å²) in [6.45, 7) is 7.17. The summed E-state index contributed by atoms with van der Waals surface area (Å²) in [5, 5.41) is 10.6. The highest BCUT2D eigenvalue weighted by molar-refractivity contribution is 6.30. The number of benzene rings is 1. The summed E-state index contributed by atoms with van der Waals surface area (Å²) >= 11 is 6.02. The van der Waals surface area contributed by atoms with Gasteiger partial charge in [-0.1, -0.05) is 25.4 Å². The van der Waals surface area contributed by atoms with Gasteiger partial charge in [0.15, 0.2) is 11.5 Å². The van der Waals surface area contributed by atoms with Crippen LogP contribution in [0.1, 0.15) is 26.3 Å². The molecule has 0 bridgehead atoms. The Morgan fingerprint density at radius 3 is 2.44 bits per heavy atom. The Kier molecular flexibility index (Phi) is 5.29. The van der Waals surface area contributed by atoms with Crippen molar-refractivity contribution < 1.29 is 9.84 Å². The minimum atomic E-state index is 0.171. The van der Waals surface area contributed by atoms with Gasteiger partial charge in [-0.25, -0.2) is 0 Å². The second-order valence-corrected chi connectivity index (χ2v) is 5.45. The van der Waals surface area contributed by atoms with Crippen LogP contribution in [0, 0.1) is 5.92 Å². The molecular weight excluding hydrogens is 250 g/mol. The van der Waals surface area contributed by atoms with E-state index in [0.717, 1.165) is 5.56 Å². The lowest BCUT2D eigenvalue weighted by atomic mass is 10.0. The molecule has 4 heteroatoms. The molecule has 0 saturated carbocycles. The van der Waals surface area contributed by atoms with Crippen molar-refractivity contribution in [2.24, 2.45) is 5.92 Å². The molecule has 1 rings (SSSR count). The van der Waals surface area contributed by atoms with Crippen molar-refractivity contribution in [2.75, 3.05) is 14.2 Å². The van der Waals surface area contributed by atoms with E-state index in [4.69, 9.17) is 16.3 Å². The zero-order valence-corrected chi connectivity index (χ0v) is 12.5. The van der Waals surface area contributed by atoms with Gasteiger partial charge in [0, 0.05) is 29.2 Å². The van der Waals surface area contributed by atoms with E-state index in [0.29, 0.717) is 29.3 Å². The first-order valence-corrected chi connectivity index (χ1v) is 6.50. The van der Waals surface area contributed by atoms with E-state index in [1.807, 2.05) is 7.05 Å². The molecule has 18 heavy (non-hydrogen) atoms. The molecule has 0 amide bonds. The molecule has 1 N–H and O–H groups in total. The summed E-state index contributed by atoms with van der Waals surface area (Å²) in [5.74, 6) is 1.14. The lowest BCUT2D eigenvalue weighted by molar-refractivity contribution is 0.198. The standard InChI is InChI=1S/C14H22ClNO2/c1-9(2)10(3)16(4)8-11-6-12(15)7-13(18-5)14(11)17/h6-7,9-10,17H,8H2,1-5H3. The number of methoxy groups -OCH3 is 1. The Labute approximate surface area is 114 Å². The van der Waals surface area contributed by atoms with Crippen molar-refractivity contribution in [3.63, 3.8) is 0 Å². The van der Waals surface area contributed by atoms with E-state index >= 15 is 0 Å². The number of phenols is 1. The highest BCUT2D eigenvalue weighted by Crippen LogP contribution is 2.34. The molecule has 102 valence electrons. The molecule has 1 atom stereocenters. The predicted molar refractivity (Wildman–Crippen MR) is 75.4 cm³/mol. The lowest BCUT2D eigenvalue weighted by Crippen LogP contribution is -2.32. The average Bonchev–Trinajstić information content (AvgIpc) is 2.31. The van der Waals surface area contributed by atoms with Gasteiger partial charge >= 0.3 is 0 Å². The maximum Gasteiger partial charge on any atom is 0.162 e. The van der Waals surface area contributed by atoms with Gasteiger partial charge in [-0.15, -0.1) is 0 Å². The number of hydrogen-bond donors (Lipinski definition) is 1. The molecule has 0 aromatic heterocycles. The molecule has 0 radical (unpaired) electrons. The van der Waals surface area contributed by atoms with Gasteiger partial charge in [-0.3, -0.25) is 4.90 Å². The van der Waals surface area contributed by atoms with Gasteiger partial charge in [-0.2, -0.15) is 0 Å². The predicted octanol–water partition coefficient (Wildman–Crippen LogP) is 3.53. The van der Waals surface area contributed by atoms with E-state index in [-0.39, 0.29) is 5.75 Å². The maximum absolute atomic E-state index is 10.1. The first-order valence-electron chi connectivity index (χ1n) is 6.12.